The summed E-state index contributed by atoms with van der Waals surface area (Å²) >= 11 is 5.78. The van der Waals surface area contributed by atoms with E-state index in [2.05, 4.69) is 15.3 Å². The van der Waals surface area contributed by atoms with Crippen molar-refractivity contribution in [2.75, 3.05) is 5.32 Å². The number of fused-ring (bicyclic) bond motifs is 1. The molecule has 3 aromatic rings. The molecular formula is C21H18ClN3O3. The Labute approximate surface area is 166 Å². The molecule has 7 heteroatoms. The summed E-state index contributed by atoms with van der Waals surface area (Å²) in [6, 6.07) is 12.4. The normalized spacial score (nSPS) is 14.5. The number of nitrogens with one attached hydrogen (secondary N) is 1. The van der Waals surface area contributed by atoms with Gasteiger partial charge < -0.3 is 10.1 Å². The molecule has 1 fully saturated rings. The van der Waals surface area contributed by atoms with Gasteiger partial charge in [0, 0.05) is 23.2 Å². The Bertz CT molecular complexity index is 1050. The van der Waals surface area contributed by atoms with E-state index in [4.69, 9.17) is 16.3 Å². The fourth-order valence-electron chi connectivity index (χ4n) is 2.91. The van der Waals surface area contributed by atoms with Crippen LogP contribution in [-0.4, -0.2) is 27.9 Å². The third-order valence-electron chi connectivity index (χ3n) is 4.58. The number of ether oxygens (including phenoxy) is 1. The van der Waals surface area contributed by atoms with Gasteiger partial charge in [-0.25, -0.2) is 9.78 Å². The second-order valence-electron chi connectivity index (χ2n) is 6.78. The zero-order valence-electron chi connectivity index (χ0n) is 15.2. The van der Waals surface area contributed by atoms with Gasteiger partial charge in [0.2, 0.25) is 0 Å². The topological polar surface area (TPSA) is 81.2 Å². The summed E-state index contributed by atoms with van der Waals surface area (Å²) in [4.78, 5) is 33.8. The average Bonchev–Trinajstić information content (AvgIpc) is 3.54. The van der Waals surface area contributed by atoms with Gasteiger partial charge in [0.15, 0.2) is 6.10 Å². The number of anilines is 1. The third kappa shape index (κ3) is 3.97. The summed E-state index contributed by atoms with van der Waals surface area (Å²) in [6.45, 7) is 1.52. The lowest BCUT2D eigenvalue weighted by atomic mass is 10.1. The Morgan fingerprint density at radius 1 is 1.21 bits per heavy atom. The fourth-order valence-corrected chi connectivity index (χ4v) is 3.02. The predicted molar refractivity (Wildman–Crippen MR) is 106 cm³/mol. The van der Waals surface area contributed by atoms with E-state index in [-0.39, 0.29) is 0 Å². The molecule has 1 N–H and O–H groups in total. The number of esters is 1. The zero-order valence-corrected chi connectivity index (χ0v) is 15.9. The number of hydrogen-bond donors (Lipinski definition) is 1. The second kappa shape index (κ2) is 7.56. The smallest absolute Gasteiger partial charge is 0.339 e. The minimum absolute atomic E-state index is 0.336. The van der Waals surface area contributed by atoms with E-state index in [0.717, 1.165) is 24.1 Å². The molecule has 2 heterocycles. The van der Waals surface area contributed by atoms with Crippen LogP contribution in [0.5, 0.6) is 0 Å². The summed E-state index contributed by atoms with van der Waals surface area (Å²) in [6.07, 6.45) is 2.59. The molecule has 0 bridgehead atoms. The molecule has 1 aliphatic rings. The molecule has 0 spiro atoms. The SMILES string of the molecule is C[C@H](OC(=O)c1cc(C2CC2)nc2ccccc12)C(=O)Nc1ccc(Cl)cn1. The summed E-state index contributed by atoms with van der Waals surface area (Å²) in [5.41, 5.74) is 2.08. The monoisotopic (exact) mass is 395 g/mol. The van der Waals surface area contributed by atoms with Gasteiger partial charge in [-0.3, -0.25) is 9.78 Å². The van der Waals surface area contributed by atoms with Gasteiger partial charge in [-0.2, -0.15) is 0 Å². The highest BCUT2D eigenvalue weighted by molar-refractivity contribution is 6.30. The molecule has 1 aliphatic carbocycles. The minimum Gasteiger partial charge on any atom is -0.449 e. The lowest BCUT2D eigenvalue weighted by molar-refractivity contribution is -0.123. The molecule has 0 saturated heterocycles. The molecule has 0 unspecified atom stereocenters. The first-order valence-electron chi connectivity index (χ1n) is 9.04. The Hall–Kier alpha value is -2.99. The lowest BCUT2D eigenvalue weighted by Crippen LogP contribution is -2.30. The van der Waals surface area contributed by atoms with Crippen LogP contribution in [0.15, 0.2) is 48.7 Å². The number of aromatic nitrogens is 2. The van der Waals surface area contributed by atoms with E-state index < -0.39 is 18.0 Å². The number of para-hydroxylation sites is 1. The molecule has 28 heavy (non-hydrogen) atoms. The van der Waals surface area contributed by atoms with E-state index in [9.17, 15) is 9.59 Å². The maximum absolute atomic E-state index is 12.8. The third-order valence-corrected chi connectivity index (χ3v) is 4.81. The van der Waals surface area contributed by atoms with Crippen molar-refractivity contribution in [3.05, 3.63) is 64.9 Å². The number of halogens is 1. The first-order valence-corrected chi connectivity index (χ1v) is 9.42. The Morgan fingerprint density at radius 2 is 2.00 bits per heavy atom. The highest BCUT2D eigenvalue weighted by Gasteiger charge is 2.28. The van der Waals surface area contributed by atoms with Crippen molar-refractivity contribution in [2.24, 2.45) is 0 Å². The minimum atomic E-state index is -0.985. The molecule has 1 aromatic carbocycles. The van der Waals surface area contributed by atoms with Crippen LogP contribution in [0, 0.1) is 0 Å². The molecule has 1 atom stereocenters. The molecule has 1 amide bonds. The quantitative estimate of drug-likeness (QED) is 0.650. The number of carbonyl (C=O) groups excluding carboxylic acids is 2. The molecular weight excluding hydrogens is 378 g/mol. The van der Waals surface area contributed by atoms with Crippen molar-refractivity contribution in [1.82, 2.24) is 9.97 Å². The van der Waals surface area contributed by atoms with E-state index in [1.165, 1.54) is 13.1 Å². The van der Waals surface area contributed by atoms with Crippen molar-refractivity contribution in [1.29, 1.82) is 0 Å². The van der Waals surface area contributed by atoms with Crippen LogP contribution in [0.25, 0.3) is 10.9 Å². The highest BCUT2D eigenvalue weighted by Crippen LogP contribution is 2.40. The zero-order chi connectivity index (χ0) is 19.7. The molecule has 0 radical (unpaired) electrons. The largest absolute Gasteiger partial charge is 0.449 e. The number of hydrogen-bond acceptors (Lipinski definition) is 5. The van der Waals surface area contributed by atoms with Crippen molar-refractivity contribution < 1.29 is 14.3 Å². The van der Waals surface area contributed by atoms with Crippen molar-refractivity contribution in [3.8, 4) is 0 Å². The van der Waals surface area contributed by atoms with Gasteiger partial charge in [0.1, 0.15) is 5.82 Å². The predicted octanol–water partition coefficient (Wildman–Crippen LogP) is 4.34. The van der Waals surface area contributed by atoms with E-state index >= 15 is 0 Å². The van der Waals surface area contributed by atoms with Gasteiger partial charge >= 0.3 is 5.97 Å². The number of benzene rings is 1. The van der Waals surface area contributed by atoms with Gasteiger partial charge in [-0.15, -0.1) is 0 Å². The van der Waals surface area contributed by atoms with Crippen LogP contribution in [0.1, 0.15) is 41.7 Å². The lowest BCUT2D eigenvalue weighted by Gasteiger charge is -2.14. The highest BCUT2D eigenvalue weighted by atomic mass is 35.5. The summed E-state index contributed by atoms with van der Waals surface area (Å²) in [7, 11) is 0. The maximum atomic E-state index is 12.8. The van der Waals surface area contributed by atoms with Gasteiger partial charge in [0.05, 0.1) is 16.1 Å². The first kappa shape index (κ1) is 18.4. The van der Waals surface area contributed by atoms with Crippen LogP contribution in [-0.2, 0) is 9.53 Å². The average molecular weight is 396 g/mol. The van der Waals surface area contributed by atoms with Crippen molar-refractivity contribution >= 4 is 40.2 Å². The molecule has 0 aliphatic heterocycles. The number of amides is 1. The van der Waals surface area contributed by atoms with Crippen LogP contribution in [0.4, 0.5) is 5.82 Å². The summed E-state index contributed by atoms with van der Waals surface area (Å²) in [5.74, 6) is -0.285. The van der Waals surface area contributed by atoms with Crippen molar-refractivity contribution in [3.63, 3.8) is 0 Å². The number of nitrogens with zero attached hydrogens (tertiary/aromatic N) is 2. The number of pyridine rings is 2. The Morgan fingerprint density at radius 3 is 2.71 bits per heavy atom. The maximum Gasteiger partial charge on any atom is 0.339 e. The molecule has 142 valence electrons. The Kier molecular flexibility index (Phi) is 4.96. The molecule has 4 rings (SSSR count). The standard InChI is InChI=1S/C21H18ClN3O3/c1-12(20(26)25-19-9-8-14(22)11-23-19)28-21(27)16-10-18(13-6-7-13)24-17-5-3-2-4-15(16)17/h2-5,8-13H,6-7H2,1H3,(H,23,25,26)/t12-/m0/s1. The Balaban J connectivity index is 1.52. The number of rotatable bonds is 5. The van der Waals surface area contributed by atoms with Gasteiger partial charge in [-0.1, -0.05) is 29.8 Å². The second-order valence-corrected chi connectivity index (χ2v) is 7.22. The molecule has 6 nitrogen and oxygen atoms in total. The molecule has 2 aromatic heterocycles. The van der Waals surface area contributed by atoms with Crippen molar-refractivity contribution in [2.45, 2.75) is 31.8 Å². The number of carbonyl (C=O) groups is 2. The first-order chi connectivity index (χ1) is 13.5. The van der Waals surface area contributed by atoms with Crippen LogP contribution >= 0.6 is 11.6 Å². The van der Waals surface area contributed by atoms with E-state index in [0.29, 0.717) is 27.7 Å². The van der Waals surface area contributed by atoms with Gasteiger partial charge in [0.25, 0.3) is 5.91 Å². The summed E-state index contributed by atoms with van der Waals surface area (Å²) < 4.78 is 5.42. The van der Waals surface area contributed by atoms with Gasteiger partial charge in [-0.05, 0) is 44.0 Å². The molecule has 1 saturated carbocycles. The van der Waals surface area contributed by atoms with E-state index in [1.807, 2.05) is 24.3 Å². The van der Waals surface area contributed by atoms with Crippen LogP contribution < -0.4 is 5.32 Å². The fraction of sp³-hybridized carbons (Fsp3) is 0.238. The van der Waals surface area contributed by atoms with Crippen LogP contribution in [0.3, 0.4) is 0 Å². The van der Waals surface area contributed by atoms with E-state index in [1.54, 1.807) is 18.2 Å². The summed E-state index contributed by atoms with van der Waals surface area (Å²) in [5, 5.41) is 3.78. The van der Waals surface area contributed by atoms with Crippen LogP contribution in [0.2, 0.25) is 5.02 Å².